The Morgan fingerprint density at radius 3 is 2.09 bits per heavy atom. The topological polar surface area (TPSA) is 66.8 Å². The second-order valence-electron chi connectivity index (χ2n) is 6.40. The first-order valence-corrected chi connectivity index (χ1v) is 8.00. The van der Waals surface area contributed by atoms with Crippen LogP contribution in [0.5, 0.6) is 5.75 Å². The van der Waals surface area contributed by atoms with Crippen LogP contribution >= 0.6 is 0 Å². The highest BCUT2D eigenvalue weighted by atomic mass is 16.5. The number of carboxylic acid groups (broad SMARTS) is 1. The summed E-state index contributed by atoms with van der Waals surface area (Å²) < 4.78 is 5.33. The van der Waals surface area contributed by atoms with Gasteiger partial charge in [-0.25, -0.2) is 4.79 Å². The van der Waals surface area contributed by atoms with Crippen LogP contribution in [-0.2, 0) is 4.79 Å². The lowest BCUT2D eigenvalue weighted by molar-refractivity contribution is -0.151. The zero-order valence-electron chi connectivity index (χ0n) is 14.3. The van der Waals surface area contributed by atoms with Crippen molar-refractivity contribution in [3.63, 3.8) is 0 Å². The van der Waals surface area contributed by atoms with Gasteiger partial charge in [0.1, 0.15) is 11.3 Å². The molecule has 1 fully saturated rings. The van der Waals surface area contributed by atoms with Crippen molar-refractivity contribution in [1.29, 1.82) is 0 Å². The summed E-state index contributed by atoms with van der Waals surface area (Å²) in [5.74, 6) is -0.395. The smallest absolute Gasteiger partial charge is 0.329 e. The molecule has 0 bridgehead atoms. The fourth-order valence-electron chi connectivity index (χ4n) is 3.61. The van der Waals surface area contributed by atoms with Crippen LogP contribution in [0.25, 0.3) is 0 Å². The van der Waals surface area contributed by atoms with E-state index in [0.717, 1.165) is 36.1 Å². The van der Waals surface area contributed by atoms with E-state index in [1.807, 2.05) is 13.8 Å². The van der Waals surface area contributed by atoms with Crippen LogP contribution in [0.3, 0.4) is 0 Å². The van der Waals surface area contributed by atoms with Gasteiger partial charge in [0, 0.05) is 12.6 Å². The number of aliphatic carboxylic acids is 1. The molecule has 1 aliphatic rings. The van der Waals surface area contributed by atoms with E-state index in [1.165, 1.54) is 4.90 Å². The van der Waals surface area contributed by atoms with Crippen LogP contribution < -0.4 is 4.74 Å². The second-order valence-corrected chi connectivity index (χ2v) is 6.40. The first kappa shape index (κ1) is 17.3. The number of likely N-dealkylation sites (N-methyl/N-ethyl adjacent to an activating group) is 1. The van der Waals surface area contributed by atoms with Crippen molar-refractivity contribution in [2.45, 2.75) is 51.5 Å². The van der Waals surface area contributed by atoms with Crippen LogP contribution in [0.4, 0.5) is 0 Å². The zero-order chi connectivity index (χ0) is 17.2. The van der Waals surface area contributed by atoms with Gasteiger partial charge in [0.05, 0.1) is 7.11 Å². The molecule has 0 unspecified atom stereocenters. The molecule has 0 atom stereocenters. The molecule has 1 amide bonds. The van der Waals surface area contributed by atoms with Crippen LogP contribution in [0.1, 0.15) is 53.6 Å². The maximum absolute atomic E-state index is 12.9. The highest BCUT2D eigenvalue weighted by molar-refractivity contribution is 5.98. The lowest BCUT2D eigenvalue weighted by Crippen LogP contribution is -2.56. The molecule has 1 saturated carbocycles. The summed E-state index contributed by atoms with van der Waals surface area (Å²) in [5, 5.41) is 9.73. The van der Waals surface area contributed by atoms with Gasteiger partial charge in [-0.1, -0.05) is 19.3 Å². The molecule has 1 aliphatic carbocycles. The zero-order valence-corrected chi connectivity index (χ0v) is 14.3. The molecule has 1 N–H and O–H groups in total. The monoisotopic (exact) mass is 319 g/mol. The summed E-state index contributed by atoms with van der Waals surface area (Å²) in [7, 11) is 3.21. The minimum atomic E-state index is -1.09. The summed E-state index contributed by atoms with van der Waals surface area (Å²) in [6, 6.07) is 3.53. The number of benzene rings is 1. The number of carboxylic acids is 1. The predicted octanol–water partition coefficient (Wildman–Crippen LogP) is 3.17. The van der Waals surface area contributed by atoms with Crippen LogP contribution in [0.15, 0.2) is 12.1 Å². The normalized spacial score (nSPS) is 16.7. The molecule has 0 spiro atoms. The summed E-state index contributed by atoms with van der Waals surface area (Å²) in [4.78, 5) is 26.2. The van der Waals surface area contributed by atoms with Gasteiger partial charge in [0.25, 0.3) is 5.91 Å². The Bertz CT molecular complexity index is 594. The van der Waals surface area contributed by atoms with Gasteiger partial charge in [0.15, 0.2) is 0 Å². The molecule has 0 radical (unpaired) electrons. The predicted molar refractivity (Wildman–Crippen MR) is 88.0 cm³/mol. The van der Waals surface area contributed by atoms with E-state index in [0.29, 0.717) is 18.4 Å². The van der Waals surface area contributed by atoms with Crippen molar-refractivity contribution in [3.8, 4) is 5.75 Å². The molecule has 1 aromatic carbocycles. The number of carbonyl (C=O) groups excluding carboxylic acids is 1. The standard InChI is InChI=1S/C18H25NO4/c1-12-10-14(11-13(2)15(12)23-4)16(20)19(3)18(17(21)22)8-6-5-7-9-18/h10-11H,5-9H2,1-4H3,(H,21,22). The van der Waals surface area contributed by atoms with E-state index in [2.05, 4.69) is 0 Å². The van der Waals surface area contributed by atoms with Crippen LogP contribution in [0, 0.1) is 13.8 Å². The maximum atomic E-state index is 12.9. The third-order valence-corrected chi connectivity index (χ3v) is 4.94. The van der Waals surface area contributed by atoms with Gasteiger partial charge >= 0.3 is 5.97 Å². The summed E-state index contributed by atoms with van der Waals surface area (Å²) in [6.07, 6.45) is 3.73. The Kier molecular flexibility index (Phi) is 4.97. The average molecular weight is 319 g/mol. The van der Waals surface area contributed by atoms with Crippen LogP contribution in [0.2, 0.25) is 0 Å². The maximum Gasteiger partial charge on any atom is 0.329 e. The second kappa shape index (κ2) is 6.60. The van der Waals surface area contributed by atoms with E-state index in [1.54, 1.807) is 26.3 Å². The minimum absolute atomic E-state index is 0.247. The largest absolute Gasteiger partial charge is 0.496 e. The third-order valence-electron chi connectivity index (χ3n) is 4.94. The number of nitrogens with zero attached hydrogens (tertiary/aromatic N) is 1. The number of amides is 1. The number of ether oxygens (including phenoxy) is 1. The third kappa shape index (κ3) is 3.05. The van der Waals surface area contributed by atoms with E-state index in [4.69, 9.17) is 4.74 Å². The van der Waals surface area contributed by atoms with Gasteiger partial charge in [-0.3, -0.25) is 4.79 Å². The number of hydrogen-bond acceptors (Lipinski definition) is 3. The SMILES string of the molecule is COc1c(C)cc(C(=O)N(C)C2(C(=O)O)CCCCC2)cc1C. The first-order chi connectivity index (χ1) is 10.8. The van der Waals surface area contributed by atoms with E-state index >= 15 is 0 Å². The fraction of sp³-hybridized carbons (Fsp3) is 0.556. The summed E-state index contributed by atoms with van der Waals surface area (Å²) >= 11 is 0. The van der Waals surface area contributed by atoms with E-state index in [-0.39, 0.29) is 5.91 Å². The van der Waals surface area contributed by atoms with Crippen molar-refractivity contribution < 1.29 is 19.4 Å². The Balaban J connectivity index is 2.37. The summed E-state index contributed by atoms with van der Waals surface area (Å²) in [6.45, 7) is 3.77. The van der Waals surface area contributed by atoms with Gasteiger partial charge in [-0.2, -0.15) is 0 Å². The molecule has 0 saturated heterocycles. The molecule has 0 aromatic heterocycles. The van der Waals surface area contributed by atoms with Crippen molar-refractivity contribution in [2.75, 3.05) is 14.2 Å². The van der Waals surface area contributed by atoms with E-state index < -0.39 is 11.5 Å². The Hall–Kier alpha value is -2.04. The van der Waals surface area contributed by atoms with Gasteiger partial charge in [-0.15, -0.1) is 0 Å². The van der Waals surface area contributed by atoms with Crippen molar-refractivity contribution in [3.05, 3.63) is 28.8 Å². The van der Waals surface area contributed by atoms with Crippen LogP contribution in [-0.4, -0.2) is 41.6 Å². The van der Waals surface area contributed by atoms with E-state index in [9.17, 15) is 14.7 Å². The van der Waals surface area contributed by atoms with Gasteiger partial charge in [-0.05, 0) is 49.9 Å². The Labute approximate surface area is 137 Å². The molecule has 1 aromatic rings. The Morgan fingerprint density at radius 2 is 1.65 bits per heavy atom. The molecule has 2 rings (SSSR count). The number of aryl methyl sites for hydroxylation is 2. The highest BCUT2D eigenvalue weighted by Crippen LogP contribution is 2.35. The highest BCUT2D eigenvalue weighted by Gasteiger charge is 2.45. The molecule has 0 aliphatic heterocycles. The number of hydrogen-bond donors (Lipinski definition) is 1. The van der Waals surface area contributed by atoms with Crippen molar-refractivity contribution in [1.82, 2.24) is 4.90 Å². The first-order valence-electron chi connectivity index (χ1n) is 8.00. The Morgan fingerprint density at radius 1 is 1.13 bits per heavy atom. The molecule has 23 heavy (non-hydrogen) atoms. The molecular weight excluding hydrogens is 294 g/mol. The molecule has 0 heterocycles. The minimum Gasteiger partial charge on any atom is -0.496 e. The number of rotatable bonds is 4. The lowest BCUT2D eigenvalue weighted by Gasteiger charge is -2.41. The number of methoxy groups -OCH3 is 1. The molecule has 5 heteroatoms. The molecule has 5 nitrogen and oxygen atoms in total. The van der Waals surface area contributed by atoms with Gasteiger partial charge < -0.3 is 14.7 Å². The van der Waals surface area contributed by atoms with Gasteiger partial charge in [0.2, 0.25) is 0 Å². The number of carbonyl (C=O) groups is 2. The molecule has 126 valence electrons. The van der Waals surface area contributed by atoms with Crippen molar-refractivity contribution in [2.24, 2.45) is 0 Å². The fourth-order valence-corrected chi connectivity index (χ4v) is 3.61. The quantitative estimate of drug-likeness (QED) is 0.925. The average Bonchev–Trinajstić information content (AvgIpc) is 2.53. The lowest BCUT2D eigenvalue weighted by atomic mass is 9.80. The summed E-state index contributed by atoms with van der Waals surface area (Å²) in [5.41, 5.74) is 1.17. The molecular formula is C18H25NO4. The van der Waals surface area contributed by atoms with Crippen molar-refractivity contribution >= 4 is 11.9 Å².